The van der Waals surface area contributed by atoms with Gasteiger partial charge in [0.25, 0.3) is 5.56 Å². The molecule has 0 aliphatic carbocycles. The molecule has 1 N–H and O–H groups in total. The van der Waals surface area contributed by atoms with Crippen LogP contribution in [0.3, 0.4) is 0 Å². The quantitative estimate of drug-likeness (QED) is 0.655. The number of aliphatic hydroxyl groups excluding tert-OH is 1. The summed E-state index contributed by atoms with van der Waals surface area (Å²) in [5.41, 5.74) is 1.49. The molecular formula is C15H18N2O3S. The van der Waals surface area contributed by atoms with E-state index in [1.807, 2.05) is 37.3 Å². The molecule has 21 heavy (non-hydrogen) atoms. The van der Waals surface area contributed by atoms with Crippen molar-refractivity contribution < 1.29 is 9.84 Å². The summed E-state index contributed by atoms with van der Waals surface area (Å²) in [5.74, 6) is 0. The molecule has 112 valence electrons. The molecule has 0 unspecified atom stereocenters. The van der Waals surface area contributed by atoms with Crippen LogP contribution < -0.4 is 5.56 Å². The highest BCUT2D eigenvalue weighted by atomic mass is 32.1. The Hall–Kier alpha value is -1.76. The molecule has 1 heterocycles. The topological polar surface area (TPSA) is 56.4 Å². The third kappa shape index (κ3) is 3.47. The Bertz CT molecular complexity index is 707. The van der Waals surface area contributed by atoms with Crippen LogP contribution in [0, 0.1) is 4.77 Å². The van der Waals surface area contributed by atoms with Crippen LogP contribution in [-0.4, -0.2) is 27.5 Å². The number of aliphatic hydroxyl groups is 1. The minimum atomic E-state index is -0.125. The van der Waals surface area contributed by atoms with Crippen LogP contribution in [-0.2, 0) is 18.0 Å². The number of ether oxygens (including phenoxy) is 1. The standard InChI is InChI=1S/C15H18N2O3S/c1-2-16-14(19)10-13(12-6-4-3-5-7-12)17(15(16)21)11-20-9-8-18/h3-7,10,18H,2,8-9,11H2,1H3. The van der Waals surface area contributed by atoms with Crippen LogP contribution in [0.2, 0.25) is 0 Å². The summed E-state index contributed by atoms with van der Waals surface area (Å²) in [4.78, 5) is 12.1. The molecule has 6 heteroatoms. The van der Waals surface area contributed by atoms with Gasteiger partial charge in [0, 0.05) is 12.6 Å². The molecule has 0 saturated heterocycles. The van der Waals surface area contributed by atoms with Gasteiger partial charge in [-0.3, -0.25) is 13.9 Å². The summed E-state index contributed by atoms with van der Waals surface area (Å²) < 4.78 is 9.09. The van der Waals surface area contributed by atoms with E-state index in [2.05, 4.69) is 0 Å². The van der Waals surface area contributed by atoms with E-state index in [9.17, 15) is 4.79 Å². The van der Waals surface area contributed by atoms with Gasteiger partial charge in [-0.25, -0.2) is 0 Å². The molecule has 5 nitrogen and oxygen atoms in total. The van der Waals surface area contributed by atoms with Crippen molar-refractivity contribution in [2.24, 2.45) is 0 Å². The second kappa shape index (κ2) is 7.31. The lowest BCUT2D eigenvalue weighted by Crippen LogP contribution is -2.25. The molecule has 2 aromatic rings. The molecule has 1 aromatic heterocycles. The summed E-state index contributed by atoms with van der Waals surface area (Å²) in [6, 6.07) is 11.1. The zero-order chi connectivity index (χ0) is 15.2. The van der Waals surface area contributed by atoms with Crippen molar-refractivity contribution in [3.63, 3.8) is 0 Å². The van der Waals surface area contributed by atoms with Crippen molar-refractivity contribution in [3.8, 4) is 11.3 Å². The molecule has 0 fully saturated rings. The monoisotopic (exact) mass is 306 g/mol. The first-order chi connectivity index (χ1) is 10.2. The Kier molecular flexibility index (Phi) is 5.44. The van der Waals surface area contributed by atoms with Gasteiger partial charge in [-0.1, -0.05) is 30.3 Å². The van der Waals surface area contributed by atoms with E-state index in [4.69, 9.17) is 22.1 Å². The van der Waals surface area contributed by atoms with E-state index in [0.29, 0.717) is 17.0 Å². The van der Waals surface area contributed by atoms with Crippen LogP contribution >= 0.6 is 12.2 Å². The van der Waals surface area contributed by atoms with Crippen LogP contribution in [0.1, 0.15) is 6.92 Å². The van der Waals surface area contributed by atoms with Crippen molar-refractivity contribution >= 4 is 12.2 Å². The van der Waals surface area contributed by atoms with Gasteiger partial charge < -0.3 is 9.84 Å². The first-order valence-electron chi connectivity index (χ1n) is 6.77. The fourth-order valence-electron chi connectivity index (χ4n) is 2.10. The van der Waals surface area contributed by atoms with Crippen molar-refractivity contribution in [1.82, 2.24) is 9.13 Å². The van der Waals surface area contributed by atoms with Crippen molar-refractivity contribution in [2.45, 2.75) is 20.2 Å². The maximum Gasteiger partial charge on any atom is 0.254 e. The lowest BCUT2D eigenvalue weighted by atomic mass is 10.1. The normalized spacial score (nSPS) is 10.8. The Morgan fingerprint density at radius 1 is 1.24 bits per heavy atom. The highest BCUT2D eigenvalue weighted by Crippen LogP contribution is 2.18. The van der Waals surface area contributed by atoms with Gasteiger partial charge in [-0.2, -0.15) is 0 Å². The van der Waals surface area contributed by atoms with Gasteiger partial charge in [0.1, 0.15) is 6.73 Å². The van der Waals surface area contributed by atoms with E-state index in [0.717, 1.165) is 5.56 Å². The number of rotatable bonds is 6. The number of hydrogen-bond donors (Lipinski definition) is 1. The lowest BCUT2D eigenvalue weighted by molar-refractivity contribution is 0.0469. The van der Waals surface area contributed by atoms with E-state index in [1.165, 1.54) is 4.57 Å². The Balaban J connectivity index is 2.57. The average molecular weight is 306 g/mol. The number of aromatic nitrogens is 2. The van der Waals surface area contributed by atoms with E-state index in [1.54, 1.807) is 10.6 Å². The van der Waals surface area contributed by atoms with Crippen LogP contribution in [0.4, 0.5) is 0 Å². The van der Waals surface area contributed by atoms with E-state index >= 15 is 0 Å². The first kappa shape index (κ1) is 15.6. The molecular weight excluding hydrogens is 288 g/mol. The van der Waals surface area contributed by atoms with Crippen molar-refractivity contribution in [1.29, 1.82) is 0 Å². The zero-order valence-corrected chi connectivity index (χ0v) is 12.7. The maximum atomic E-state index is 12.1. The molecule has 2 rings (SSSR count). The molecule has 0 bridgehead atoms. The molecule has 0 atom stereocenters. The number of nitrogens with zero attached hydrogens (tertiary/aromatic N) is 2. The summed E-state index contributed by atoms with van der Waals surface area (Å²) in [6.07, 6.45) is 0. The van der Waals surface area contributed by atoms with Gasteiger partial charge in [0.05, 0.1) is 18.9 Å². The number of benzene rings is 1. The molecule has 0 aliphatic heterocycles. The Labute approximate surface area is 128 Å². The highest BCUT2D eigenvalue weighted by molar-refractivity contribution is 7.71. The minimum absolute atomic E-state index is 0.0542. The molecule has 0 radical (unpaired) electrons. The van der Waals surface area contributed by atoms with E-state index < -0.39 is 0 Å². The second-order valence-corrected chi connectivity index (χ2v) is 4.81. The van der Waals surface area contributed by atoms with Gasteiger partial charge in [0.15, 0.2) is 4.77 Å². The molecule has 0 amide bonds. The van der Waals surface area contributed by atoms with Crippen molar-refractivity contribution in [2.75, 3.05) is 13.2 Å². The highest BCUT2D eigenvalue weighted by Gasteiger charge is 2.09. The first-order valence-corrected chi connectivity index (χ1v) is 7.18. The zero-order valence-electron chi connectivity index (χ0n) is 11.9. The summed E-state index contributed by atoms with van der Waals surface area (Å²) in [6.45, 7) is 2.75. The lowest BCUT2D eigenvalue weighted by Gasteiger charge is -2.16. The van der Waals surface area contributed by atoms with E-state index in [-0.39, 0.29) is 25.5 Å². The van der Waals surface area contributed by atoms with Gasteiger partial charge in [-0.05, 0) is 24.7 Å². The van der Waals surface area contributed by atoms with Gasteiger partial charge >= 0.3 is 0 Å². The smallest absolute Gasteiger partial charge is 0.254 e. The predicted octanol–water partition coefficient (Wildman–Crippen LogP) is 2.03. The molecule has 1 aromatic carbocycles. The molecule has 0 spiro atoms. The molecule has 0 saturated carbocycles. The van der Waals surface area contributed by atoms with Crippen molar-refractivity contribution in [3.05, 3.63) is 51.5 Å². The minimum Gasteiger partial charge on any atom is -0.394 e. The third-order valence-electron chi connectivity index (χ3n) is 3.12. The fraction of sp³-hybridized carbons (Fsp3) is 0.333. The molecule has 0 aliphatic rings. The SMILES string of the molecule is CCn1c(=O)cc(-c2ccccc2)n(COCCO)c1=S. The van der Waals surface area contributed by atoms with Gasteiger partial charge in [-0.15, -0.1) is 0 Å². The Morgan fingerprint density at radius 2 is 1.95 bits per heavy atom. The van der Waals surface area contributed by atoms with Crippen LogP contribution in [0.5, 0.6) is 0 Å². The summed E-state index contributed by atoms with van der Waals surface area (Å²) >= 11 is 5.40. The second-order valence-electron chi connectivity index (χ2n) is 4.45. The van der Waals surface area contributed by atoms with Gasteiger partial charge in [0.2, 0.25) is 0 Å². The fourth-order valence-corrected chi connectivity index (χ4v) is 2.47. The maximum absolute atomic E-state index is 12.1. The van der Waals surface area contributed by atoms with Crippen LogP contribution in [0.15, 0.2) is 41.2 Å². The average Bonchev–Trinajstić information content (AvgIpc) is 2.50. The number of hydrogen-bond acceptors (Lipinski definition) is 4. The van der Waals surface area contributed by atoms with Crippen LogP contribution in [0.25, 0.3) is 11.3 Å². The summed E-state index contributed by atoms with van der Waals surface area (Å²) in [5, 5.41) is 8.83. The Morgan fingerprint density at radius 3 is 2.57 bits per heavy atom. The third-order valence-corrected chi connectivity index (χ3v) is 3.56. The largest absolute Gasteiger partial charge is 0.394 e. The predicted molar refractivity (Wildman–Crippen MR) is 83.7 cm³/mol. The summed E-state index contributed by atoms with van der Waals surface area (Å²) in [7, 11) is 0.